The summed E-state index contributed by atoms with van der Waals surface area (Å²) in [5.74, 6) is 0. The first-order valence-electron chi connectivity index (χ1n) is 5.25. The van der Waals surface area contributed by atoms with Gasteiger partial charge in [-0.25, -0.2) is 0 Å². The van der Waals surface area contributed by atoms with E-state index in [4.69, 9.17) is 0 Å². The second-order valence-electron chi connectivity index (χ2n) is 7.12. The predicted molar refractivity (Wildman–Crippen MR) is 79.0 cm³/mol. The molecule has 15 heavy (non-hydrogen) atoms. The van der Waals surface area contributed by atoms with E-state index in [1.807, 2.05) is 0 Å². The Labute approximate surface area is 127 Å². The Kier molecular flexibility index (Phi) is 9.92. The van der Waals surface area contributed by atoms with Crippen molar-refractivity contribution in [1.82, 2.24) is 0 Å². The zero-order chi connectivity index (χ0) is 11.1. The molecule has 0 heterocycles. The van der Waals surface area contributed by atoms with Crippen LogP contribution in [0, 0.1) is 4.79 Å². The molecule has 0 spiro atoms. The molecule has 88 valence electrons. The second-order valence-corrected chi connectivity index (χ2v) is 23.6. The van der Waals surface area contributed by atoms with Gasteiger partial charge in [0.25, 0.3) is 0 Å². The molecule has 0 aliphatic carbocycles. The van der Waals surface area contributed by atoms with Crippen LogP contribution in [-0.4, -0.2) is 47.3 Å². The molecular weight excluding hydrogens is 309 g/mol. The van der Waals surface area contributed by atoms with E-state index in [9.17, 15) is 0 Å². The first-order chi connectivity index (χ1) is 5.37. The summed E-state index contributed by atoms with van der Waals surface area (Å²) in [4.78, 5) is 2.06. The Hall–Kier alpha value is 1.90. The maximum absolute atomic E-state index is 2.53. The Morgan fingerprint density at radius 2 is 0.667 bits per heavy atom. The summed E-state index contributed by atoms with van der Waals surface area (Å²) >= 11 is 0. The summed E-state index contributed by atoms with van der Waals surface area (Å²) in [6, 6.07) is 0. The van der Waals surface area contributed by atoms with Crippen LogP contribution in [0.5, 0.6) is 0 Å². The number of rotatable bonds is 3. The van der Waals surface area contributed by atoms with Gasteiger partial charge >= 0.3 is 23.1 Å². The molecule has 0 saturated carbocycles. The number of hydrogen-bond donors (Lipinski definition) is 0. The van der Waals surface area contributed by atoms with Crippen molar-refractivity contribution in [3.63, 3.8) is 0 Å². The molecule has 0 unspecified atom stereocenters. The van der Waals surface area contributed by atoms with Gasteiger partial charge in [0.2, 0.25) is 0 Å². The average Bonchev–Trinajstić information content (AvgIpc) is 1.44. The molecule has 0 aromatic heterocycles. The van der Waals surface area contributed by atoms with Crippen LogP contribution < -0.4 is 17.0 Å². The summed E-state index contributed by atoms with van der Waals surface area (Å²) < 4.78 is 0. The van der Waals surface area contributed by atoms with Crippen LogP contribution in [0.2, 0.25) is 58.9 Å². The maximum atomic E-state index is 2.53. The van der Waals surface area contributed by atoms with E-state index in [0.29, 0.717) is 0 Å². The van der Waals surface area contributed by atoms with Crippen LogP contribution in [0.25, 0.3) is 0 Å². The van der Waals surface area contributed by atoms with Crippen LogP contribution in [-0.2, 0) is 0 Å². The van der Waals surface area contributed by atoms with E-state index in [1.165, 1.54) is 0 Å². The summed E-state index contributed by atoms with van der Waals surface area (Å²) in [5.41, 5.74) is 0. The van der Waals surface area contributed by atoms with Crippen LogP contribution in [0.1, 0.15) is 0 Å². The molecule has 0 aromatic rings. The zero-order valence-electron chi connectivity index (χ0n) is 12.1. The Balaban J connectivity index is -0.000000720. The molecular formula is C10H27BrMgSi3. The Bertz CT molecular complexity index is 143. The Morgan fingerprint density at radius 3 is 0.667 bits per heavy atom. The van der Waals surface area contributed by atoms with Gasteiger partial charge in [0, 0.05) is 0 Å². The van der Waals surface area contributed by atoms with Crippen LogP contribution in [0.3, 0.4) is 0 Å². The molecule has 0 aliphatic heterocycles. The minimum atomic E-state index is -1.02. The number of halogens is 1. The van der Waals surface area contributed by atoms with Crippen molar-refractivity contribution < 1.29 is 17.0 Å². The van der Waals surface area contributed by atoms with Gasteiger partial charge in [0.05, 0.1) is 0 Å². The fraction of sp³-hybridized carbons (Fsp3) is 0.900. The summed E-state index contributed by atoms with van der Waals surface area (Å²) in [6.45, 7) is 22.7. The number of hydrogen-bond acceptors (Lipinski definition) is 0. The topological polar surface area (TPSA) is 0 Å². The molecule has 0 nitrogen and oxygen atoms in total. The van der Waals surface area contributed by atoms with E-state index in [1.54, 1.807) is 0 Å². The maximum Gasteiger partial charge on any atom is 2.00 e. The molecule has 0 bridgehead atoms. The van der Waals surface area contributed by atoms with Crippen molar-refractivity contribution in [1.29, 1.82) is 0 Å². The molecule has 0 fully saturated rings. The molecule has 0 amide bonds. The van der Waals surface area contributed by atoms with Gasteiger partial charge in [-0.05, 0) is 0 Å². The molecule has 0 N–H and O–H groups in total. The van der Waals surface area contributed by atoms with E-state index < -0.39 is 24.2 Å². The summed E-state index contributed by atoms with van der Waals surface area (Å²) in [5, 5.41) is 0. The zero-order valence-corrected chi connectivity index (χ0v) is 18.1. The minimum absolute atomic E-state index is 0. The fourth-order valence-electron chi connectivity index (χ4n) is 3.38. The second kappa shape index (κ2) is 6.73. The normalized spacial score (nSPS) is 13.2. The van der Waals surface area contributed by atoms with E-state index in [-0.39, 0.29) is 40.0 Å². The predicted octanol–water partition coefficient (Wildman–Crippen LogP) is 0.816. The molecule has 0 aromatic carbocycles. The SMILES string of the molecule is C[Si](C)(C)[C-]([Si](C)(C)C)[Si](C)(C)C.[Br-].[Mg+2]. The third kappa shape index (κ3) is 7.75. The van der Waals surface area contributed by atoms with Gasteiger partial charge in [-0.15, -0.1) is 24.2 Å². The Morgan fingerprint density at radius 1 is 0.533 bits per heavy atom. The average molecular weight is 336 g/mol. The van der Waals surface area contributed by atoms with Crippen LogP contribution in [0.4, 0.5) is 0 Å². The summed E-state index contributed by atoms with van der Waals surface area (Å²) in [6.07, 6.45) is 0. The van der Waals surface area contributed by atoms with Crippen molar-refractivity contribution in [3.8, 4) is 0 Å². The van der Waals surface area contributed by atoms with Gasteiger partial charge in [0.1, 0.15) is 0 Å². The monoisotopic (exact) mass is 334 g/mol. The quantitative estimate of drug-likeness (QED) is 0.529. The molecule has 0 atom stereocenters. The van der Waals surface area contributed by atoms with Gasteiger partial charge in [0.15, 0.2) is 0 Å². The van der Waals surface area contributed by atoms with E-state index >= 15 is 0 Å². The molecule has 5 heteroatoms. The molecule has 0 radical (unpaired) electrons. The largest absolute Gasteiger partial charge is 2.00 e. The molecule has 0 rings (SSSR count). The van der Waals surface area contributed by atoms with Crippen molar-refractivity contribution in [2.45, 2.75) is 58.9 Å². The van der Waals surface area contributed by atoms with Crippen molar-refractivity contribution >= 4 is 47.3 Å². The fourth-order valence-corrected chi connectivity index (χ4v) is 30.4. The van der Waals surface area contributed by atoms with Crippen LogP contribution in [0.15, 0.2) is 0 Å². The summed E-state index contributed by atoms with van der Waals surface area (Å²) in [7, 11) is -3.05. The smallest absolute Gasteiger partial charge is 1.00 e. The minimum Gasteiger partial charge on any atom is -1.00 e. The van der Waals surface area contributed by atoms with Crippen LogP contribution >= 0.6 is 0 Å². The molecule has 0 aliphatic rings. The van der Waals surface area contributed by atoms with Crippen molar-refractivity contribution in [3.05, 3.63) is 4.79 Å². The van der Waals surface area contributed by atoms with Gasteiger partial charge < -0.3 is 21.8 Å². The first kappa shape index (κ1) is 22.1. The van der Waals surface area contributed by atoms with Crippen molar-refractivity contribution in [2.24, 2.45) is 0 Å². The van der Waals surface area contributed by atoms with Gasteiger partial charge in [-0.2, -0.15) is 0 Å². The van der Waals surface area contributed by atoms with E-state index in [2.05, 4.69) is 63.7 Å². The molecule has 0 saturated heterocycles. The van der Waals surface area contributed by atoms with Gasteiger partial charge in [-0.3, -0.25) is 0 Å². The van der Waals surface area contributed by atoms with Gasteiger partial charge in [-0.1, -0.05) is 58.9 Å². The standard InChI is InChI=1S/C10H27Si3.BrH.Mg/c1-11(2,3)10(12(4,5)6)13(7,8)9;;/h1-9H3;1H;/q-1;;+2/p-1. The first-order valence-corrected chi connectivity index (χ1v) is 15.8. The van der Waals surface area contributed by atoms with E-state index in [0.717, 1.165) is 0 Å². The third-order valence-electron chi connectivity index (χ3n) is 2.25. The van der Waals surface area contributed by atoms with Crippen molar-refractivity contribution in [2.75, 3.05) is 0 Å². The third-order valence-corrected chi connectivity index (χ3v) is 20.2.